The summed E-state index contributed by atoms with van der Waals surface area (Å²) in [5.41, 5.74) is 1.69. The predicted octanol–water partition coefficient (Wildman–Crippen LogP) is 0.911. The molecule has 1 aromatic carbocycles. The average molecular weight is 298 g/mol. The summed E-state index contributed by atoms with van der Waals surface area (Å²) in [5.74, 6) is 0. The Kier molecular flexibility index (Phi) is 4.49. The SMILES string of the molecule is CO[C@H]1CN(C)C[C@@H]1NS(=O)(=O)c1cc(C)ccc1C. The Morgan fingerprint density at radius 1 is 1.30 bits per heavy atom. The smallest absolute Gasteiger partial charge is 0.241 e. The molecule has 1 aliphatic rings. The molecule has 1 saturated heterocycles. The largest absolute Gasteiger partial charge is 0.378 e. The van der Waals surface area contributed by atoms with Crippen LogP contribution in [0.2, 0.25) is 0 Å². The summed E-state index contributed by atoms with van der Waals surface area (Å²) in [6.45, 7) is 5.08. The van der Waals surface area contributed by atoms with Crippen LogP contribution in [0.25, 0.3) is 0 Å². The minimum absolute atomic E-state index is 0.111. The molecule has 0 spiro atoms. The Labute approximate surface area is 121 Å². The number of nitrogens with zero attached hydrogens (tertiary/aromatic N) is 1. The minimum Gasteiger partial charge on any atom is -0.378 e. The first-order chi connectivity index (χ1) is 9.33. The van der Waals surface area contributed by atoms with E-state index in [2.05, 4.69) is 9.62 Å². The molecule has 6 heteroatoms. The van der Waals surface area contributed by atoms with Crippen LogP contribution in [0.3, 0.4) is 0 Å². The lowest BCUT2D eigenvalue weighted by molar-refractivity contribution is 0.0969. The highest BCUT2D eigenvalue weighted by Gasteiger charge is 2.34. The second-order valence-electron chi connectivity index (χ2n) is 5.49. The molecule has 20 heavy (non-hydrogen) atoms. The van der Waals surface area contributed by atoms with Gasteiger partial charge >= 0.3 is 0 Å². The standard InChI is InChI=1S/C14H22N2O3S/c1-10-5-6-11(2)14(7-10)20(17,18)15-12-8-16(3)9-13(12)19-4/h5-7,12-13,15H,8-9H2,1-4H3/t12-,13-/m0/s1. The van der Waals surface area contributed by atoms with Gasteiger partial charge in [0.25, 0.3) is 0 Å². The molecule has 2 rings (SSSR count). The van der Waals surface area contributed by atoms with Gasteiger partial charge in [0.05, 0.1) is 17.0 Å². The van der Waals surface area contributed by atoms with Gasteiger partial charge in [-0.15, -0.1) is 0 Å². The molecule has 1 aromatic rings. The maximum Gasteiger partial charge on any atom is 0.241 e. The van der Waals surface area contributed by atoms with Crippen LogP contribution < -0.4 is 4.72 Å². The topological polar surface area (TPSA) is 58.6 Å². The molecule has 1 N–H and O–H groups in total. The molecule has 0 unspecified atom stereocenters. The number of hydrogen-bond donors (Lipinski definition) is 1. The zero-order chi connectivity index (χ0) is 14.9. The zero-order valence-corrected chi connectivity index (χ0v) is 13.2. The van der Waals surface area contributed by atoms with Crippen molar-refractivity contribution in [2.24, 2.45) is 0 Å². The van der Waals surface area contributed by atoms with E-state index in [9.17, 15) is 8.42 Å². The van der Waals surface area contributed by atoms with Gasteiger partial charge in [0.2, 0.25) is 10.0 Å². The molecule has 0 saturated carbocycles. The fourth-order valence-electron chi connectivity index (χ4n) is 2.57. The number of methoxy groups -OCH3 is 1. The molecular formula is C14H22N2O3S. The van der Waals surface area contributed by atoms with E-state index in [0.717, 1.165) is 17.7 Å². The highest BCUT2D eigenvalue weighted by Crippen LogP contribution is 2.19. The predicted molar refractivity (Wildman–Crippen MR) is 78.3 cm³/mol. The van der Waals surface area contributed by atoms with Gasteiger partial charge in [0.15, 0.2) is 0 Å². The van der Waals surface area contributed by atoms with Crippen LogP contribution in [0.15, 0.2) is 23.1 Å². The number of likely N-dealkylation sites (tertiary alicyclic amines) is 1. The molecule has 0 aromatic heterocycles. The van der Waals surface area contributed by atoms with Crippen molar-refractivity contribution >= 4 is 10.0 Å². The van der Waals surface area contributed by atoms with E-state index < -0.39 is 10.0 Å². The van der Waals surface area contributed by atoms with E-state index in [-0.39, 0.29) is 12.1 Å². The van der Waals surface area contributed by atoms with Gasteiger partial charge in [0.1, 0.15) is 0 Å². The quantitative estimate of drug-likeness (QED) is 0.898. The first-order valence-corrected chi connectivity index (χ1v) is 8.12. The number of aryl methyl sites for hydroxylation is 2. The average Bonchev–Trinajstić information content (AvgIpc) is 2.71. The molecule has 2 atom stereocenters. The summed E-state index contributed by atoms with van der Waals surface area (Å²) in [4.78, 5) is 2.41. The molecule has 5 nitrogen and oxygen atoms in total. The van der Waals surface area contributed by atoms with Crippen LogP contribution in [-0.2, 0) is 14.8 Å². The molecular weight excluding hydrogens is 276 g/mol. The fourth-order valence-corrected chi connectivity index (χ4v) is 4.16. The van der Waals surface area contributed by atoms with Gasteiger partial charge in [-0.2, -0.15) is 0 Å². The molecule has 0 amide bonds. The zero-order valence-electron chi connectivity index (χ0n) is 12.4. The maximum absolute atomic E-state index is 12.5. The van der Waals surface area contributed by atoms with Crippen molar-refractivity contribution in [3.63, 3.8) is 0 Å². The summed E-state index contributed by atoms with van der Waals surface area (Å²) >= 11 is 0. The van der Waals surface area contributed by atoms with Gasteiger partial charge in [0, 0.05) is 20.2 Å². The number of likely N-dealkylation sites (N-methyl/N-ethyl adjacent to an activating group) is 1. The number of ether oxygens (including phenoxy) is 1. The minimum atomic E-state index is -3.52. The van der Waals surface area contributed by atoms with Crippen LogP contribution in [0.4, 0.5) is 0 Å². The third kappa shape index (κ3) is 3.20. The van der Waals surface area contributed by atoms with E-state index >= 15 is 0 Å². The molecule has 1 fully saturated rings. The van der Waals surface area contributed by atoms with Crippen LogP contribution in [0, 0.1) is 13.8 Å². The summed E-state index contributed by atoms with van der Waals surface area (Å²) in [6, 6.07) is 5.24. The van der Waals surface area contributed by atoms with Crippen LogP contribution in [0.5, 0.6) is 0 Å². The lowest BCUT2D eigenvalue weighted by Crippen LogP contribution is -2.43. The van der Waals surface area contributed by atoms with Crippen LogP contribution in [0.1, 0.15) is 11.1 Å². The first-order valence-electron chi connectivity index (χ1n) is 6.64. The summed E-state index contributed by atoms with van der Waals surface area (Å²) < 4.78 is 33.2. The molecule has 1 aliphatic heterocycles. The third-order valence-corrected chi connectivity index (χ3v) is 5.32. The van der Waals surface area contributed by atoms with Crippen LogP contribution >= 0.6 is 0 Å². The van der Waals surface area contributed by atoms with Gasteiger partial charge in [-0.3, -0.25) is 0 Å². The Morgan fingerprint density at radius 2 is 2.00 bits per heavy atom. The lowest BCUT2D eigenvalue weighted by atomic mass is 10.2. The monoisotopic (exact) mass is 298 g/mol. The summed E-state index contributed by atoms with van der Waals surface area (Å²) in [7, 11) is 0.0507. The van der Waals surface area contributed by atoms with E-state index in [1.807, 2.05) is 33.0 Å². The summed E-state index contributed by atoms with van der Waals surface area (Å²) in [5, 5.41) is 0. The summed E-state index contributed by atoms with van der Waals surface area (Å²) in [6.07, 6.45) is -0.111. The van der Waals surface area contributed by atoms with Crippen molar-refractivity contribution in [3.8, 4) is 0 Å². The van der Waals surface area contributed by atoms with E-state index in [4.69, 9.17) is 4.74 Å². The Morgan fingerprint density at radius 3 is 2.65 bits per heavy atom. The molecule has 0 aliphatic carbocycles. The van der Waals surface area contributed by atoms with E-state index in [1.54, 1.807) is 13.2 Å². The molecule has 0 radical (unpaired) electrons. The first kappa shape index (κ1) is 15.4. The fraction of sp³-hybridized carbons (Fsp3) is 0.571. The number of benzene rings is 1. The number of rotatable bonds is 4. The van der Waals surface area contributed by atoms with Crippen molar-refractivity contribution in [2.75, 3.05) is 27.2 Å². The van der Waals surface area contributed by atoms with Gasteiger partial charge < -0.3 is 9.64 Å². The number of sulfonamides is 1. The second-order valence-corrected chi connectivity index (χ2v) is 7.17. The Bertz CT molecular complexity index is 586. The van der Waals surface area contributed by atoms with Gasteiger partial charge in [-0.1, -0.05) is 12.1 Å². The van der Waals surface area contributed by atoms with Crippen molar-refractivity contribution in [3.05, 3.63) is 29.3 Å². The van der Waals surface area contributed by atoms with Crippen molar-refractivity contribution < 1.29 is 13.2 Å². The highest BCUT2D eigenvalue weighted by atomic mass is 32.2. The van der Waals surface area contributed by atoms with Gasteiger partial charge in [-0.25, -0.2) is 13.1 Å². The van der Waals surface area contributed by atoms with Crippen molar-refractivity contribution in [1.29, 1.82) is 0 Å². The van der Waals surface area contributed by atoms with E-state index in [1.165, 1.54) is 0 Å². The van der Waals surface area contributed by atoms with Crippen molar-refractivity contribution in [2.45, 2.75) is 30.9 Å². The normalized spacial score (nSPS) is 24.2. The second kappa shape index (κ2) is 5.81. The molecule has 1 heterocycles. The third-order valence-electron chi connectivity index (χ3n) is 3.69. The Hall–Kier alpha value is -0.950. The van der Waals surface area contributed by atoms with Gasteiger partial charge in [-0.05, 0) is 38.1 Å². The van der Waals surface area contributed by atoms with Crippen LogP contribution in [-0.4, -0.2) is 52.7 Å². The highest BCUT2D eigenvalue weighted by molar-refractivity contribution is 7.89. The number of nitrogens with one attached hydrogen (secondary N) is 1. The van der Waals surface area contributed by atoms with Crippen molar-refractivity contribution in [1.82, 2.24) is 9.62 Å². The molecule has 0 bridgehead atoms. The number of hydrogen-bond acceptors (Lipinski definition) is 4. The van der Waals surface area contributed by atoms with E-state index in [0.29, 0.717) is 11.4 Å². The maximum atomic E-state index is 12.5. The lowest BCUT2D eigenvalue weighted by Gasteiger charge is -2.19. The molecule has 112 valence electrons. The Balaban J connectivity index is 2.25.